The monoisotopic (exact) mass is 373 g/mol. The van der Waals surface area contributed by atoms with E-state index in [1.165, 1.54) is 12.5 Å². The van der Waals surface area contributed by atoms with E-state index in [9.17, 15) is 13.6 Å². The summed E-state index contributed by atoms with van der Waals surface area (Å²) in [6.07, 6.45) is 4.41. The number of hydrogen-bond donors (Lipinski definition) is 2. The first-order valence-corrected chi connectivity index (χ1v) is 8.76. The molecule has 3 aromatic rings. The SMILES string of the molecule is O=C(Nc1ccncn1)c1nc(C[NH+]2CCC(F)(F)CC2)c2ccccn12. The highest BCUT2D eigenvalue weighted by Gasteiger charge is 2.37. The minimum absolute atomic E-state index is 0.116. The standard InChI is InChI=1S/C18H18F2N6O/c19-18(20)5-9-25(10-6-18)11-13-14-3-1-2-8-26(14)16(23-13)17(27)24-15-4-7-21-12-22-15/h1-4,7-8,12H,5-6,9-11H2,(H,21,22,24,27)/p+1. The largest absolute Gasteiger partial charge is 0.329 e. The van der Waals surface area contributed by atoms with Crippen molar-refractivity contribution >= 4 is 17.2 Å². The number of amides is 1. The smallest absolute Gasteiger partial charge is 0.293 e. The predicted octanol–water partition coefficient (Wildman–Crippen LogP) is 1.19. The number of aromatic nitrogens is 4. The van der Waals surface area contributed by atoms with Gasteiger partial charge in [-0.05, 0) is 18.2 Å². The van der Waals surface area contributed by atoms with Crippen LogP contribution in [0.15, 0.2) is 43.0 Å². The van der Waals surface area contributed by atoms with Crippen LogP contribution in [-0.2, 0) is 6.54 Å². The molecule has 2 N–H and O–H groups in total. The number of likely N-dealkylation sites (tertiary alicyclic amines) is 1. The fourth-order valence-electron chi connectivity index (χ4n) is 3.31. The fraction of sp³-hybridized carbons (Fsp3) is 0.333. The fourth-order valence-corrected chi connectivity index (χ4v) is 3.31. The molecule has 27 heavy (non-hydrogen) atoms. The topological polar surface area (TPSA) is 76.6 Å². The minimum Gasteiger partial charge on any atom is -0.329 e. The third-order valence-corrected chi connectivity index (χ3v) is 4.76. The molecule has 0 saturated carbocycles. The van der Waals surface area contributed by atoms with Gasteiger partial charge in [-0.3, -0.25) is 9.20 Å². The molecule has 0 aromatic carbocycles. The van der Waals surface area contributed by atoms with Crippen LogP contribution in [0, 0.1) is 0 Å². The number of fused-ring (bicyclic) bond motifs is 1. The van der Waals surface area contributed by atoms with Crippen LogP contribution in [0.25, 0.3) is 5.52 Å². The molecule has 0 atom stereocenters. The second-order valence-electron chi connectivity index (χ2n) is 6.67. The van der Waals surface area contributed by atoms with Gasteiger partial charge in [0.15, 0.2) is 0 Å². The van der Waals surface area contributed by atoms with Crippen molar-refractivity contribution < 1.29 is 18.5 Å². The van der Waals surface area contributed by atoms with Crippen molar-refractivity contribution in [2.24, 2.45) is 0 Å². The highest BCUT2D eigenvalue weighted by Crippen LogP contribution is 2.23. The molecule has 7 nitrogen and oxygen atoms in total. The molecule has 1 saturated heterocycles. The number of nitrogens with zero attached hydrogens (tertiary/aromatic N) is 4. The summed E-state index contributed by atoms with van der Waals surface area (Å²) < 4.78 is 28.5. The van der Waals surface area contributed by atoms with Crippen LogP contribution >= 0.6 is 0 Å². The summed E-state index contributed by atoms with van der Waals surface area (Å²) in [5.74, 6) is -2.34. The van der Waals surface area contributed by atoms with Gasteiger partial charge in [0.25, 0.3) is 11.8 Å². The lowest BCUT2D eigenvalue weighted by Crippen LogP contribution is -3.12. The molecule has 1 fully saturated rings. The van der Waals surface area contributed by atoms with E-state index in [0.717, 1.165) is 16.1 Å². The maximum Gasteiger partial charge on any atom is 0.293 e. The van der Waals surface area contributed by atoms with Gasteiger partial charge in [0.1, 0.15) is 24.4 Å². The average molecular weight is 373 g/mol. The lowest BCUT2D eigenvalue weighted by atomic mass is 10.1. The van der Waals surface area contributed by atoms with Crippen LogP contribution in [0.5, 0.6) is 0 Å². The van der Waals surface area contributed by atoms with Crippen molar-refractivity contribution in [2.45, 2.75) is 25.3 Å². The van der Waals surface area contributed by atoms with E-state index in [1.807, 2.05) is 18.2 Å². The molecule has 0 bridgehead atoms. The van der Waals surface area contributed by atoms with E-state index in [4.69, 9.17) is 0 Å². The van der Waals surface area contributed by atoms with Crippen LogP contribution < -0.4 is 10.2 Å². The van der Waals surface area contributed by atoms with Crippen LogP contribution in [0.1, 0.15) is 29.2 Å². The molecule has 0 spiro atoms. The quantitative estimate of drug-likeness (QED) is 0.720. The average Bonchev–Trinajstić information content (AvgIpc) is 3.03. The van der Waals surface area contributed by atoms with Crippen LogP contribution in [0.2, 0.25) is 0 Å². The van der Waals surface area contributed by atoms with E-state index < -0.39 is 5.92 Å². The number of anilines is 1. The molecule has 4 rings (SSSR count). The summed E-state index contributed by atoms with van der Waals surface area (Å²) >= 11 is 0. The number of nitrogens with one attached hydrogen (secondary N) is 2. The van der Waals surface area contributed by atoms with Gasteiger partial charge in [-0.15, -0.1) is 0 Å². The Kier molecular flexibility index (Phi) is 4.53. The van der Waals surface area contributed by atoms with Crippen molar-refractivity contribution in [1.29, 1.82) is 0 Å². The normalized spacial score (nSPS) is 17.1. The predicted molar refractivity (Wildman–Crippen MR) is 93.8 cm³/mol. The number of imidazole rings is 1. The van der Waals surface area contributed by atoms with Gasteiger partial charge in [0, 0.05) is 12.4 Å². The lowest BCUT2D eigenvalue weighted by Gasteiger charge is -2.28. The number of quaternary nitrogens is 1. The Morgan fingerprint density at radius 3 is 2.81 bits per heavy atom. The zero-order valence-electron chi connectivity index (χ0n) is 14.5. The third kappa shape index (κ3) is 3.77. The number of pyridine rings is 1. The lowest BCUT2D eigenvalue weighted by molar-refractivity contribution is -0.921. The first-order chi connectivity index (χ1) is 13.0. The van der Waals surface area contributed by atoms with Gasteiger partial charge in [0.2, 0.25) is 5.82 Å². The Morgan fingerprint density at radius 1 is 1.26 bits per heavy atom. The summed E-state index contributed by atoms with van der Waals surface area (Å²) in [5, 5.41) is 2.70. The summed E-state index contributed by atoms with van der Waals surface area (Å²) in [6, 6.07) is 7.15. The van der Waals surface area contributed by atoms with E-state index in [-0.39, 0.29) is 24.6 Å². The summed E-state index contributed by atoms with van der Waals surface area (Å²) in [6.45, 7) is 1.28. The molecule has 1 aliphatic heterocycles. The number of alkyl halides is 2. The molecule has 0 radical (unpaired) electrons. The van der Waals surface area contributed by atoms with Crippen molar-refractivity contribution in [1.82, 2.24) is 19.4 Å². The first kappa shape index (κ1) is 17.5. The van der Waals surface area contributed by atoms with Crippen molar-refractivity contribution in [2.75, 3.05) is 18.4 Å². The number of carbonyl (C=O) groups excluding carboxylic acids is 1. The highest BCUT2D eigenvalue weighted by molar-refractivity contribution is 6.02. The highest BCUT2D eigenvalue weighted by atomic mass is 19.3. The molecule has 1 amide bonds. The minimum atomic E-state index is -2.57. The van der Waals surface area contributed by atoms with E-state index in [1.54, 1.807) is 16.7 Å². The molecular weight excluding hydrogens is 354 g/mol. The Morgan fingerprint density at radius 2 is 2.07 bits per heavy atom. The van der Waals surface area contributed by atoms with Gasteiger partial charge >= 0.3 is 0 Å². The first-order valence-electron chi connectivity index (χ1n) is 8.76. The van der Waals surface area contributed by atoms with Gasteiger partial charge in [-0.2, -0.15) is 0 Å². The third-order valence-electron chi connectivity index (χ3n) is 4.76. The number of piperidine rings is 1. The van der Waals surface area contributed by atoms with Gasteiger partial charge in [0.05, 0.1) is 31.4 Å². The summed E-state index contributed by atoms with van der Waals surface area (Å²) in [4.78, 5) is 26.0. The van der Waals surface area contributed by atoms with Crippen LogP contribution in [0.4, 0.5) is 14.6 Å². The number of hydrogen-bond acceptors (Lipinski definition) is 4. The van der Waals surface area contributed by atoms with Crippen LogP contribution in [0.3, 0.4) is 0 Å². The molecule has 9 heteroatoms. The second kappa shape index (κ2) is 6.99. The summed E-state index contributed by atoms with van der Waals surface area (Å²) in [7, 11) is 0. The Labute approximate surface area is 154 Å². The number of halogens is 2. The number of carbonyl (C=O) groups is 1. The Balaban J connectivity index is 1.58. The molecule has 140 valence electrons. The van der Waals surface area contributed by atoms with Crippen molar-refractivity contribution in [3.63, 3.8) is 0 Å². The van der Waals surface area contributed by atoms with Gasteiger partial charge in [-0.1, -0.05) is 6.07 Å². The molecule has 0 aliphatic carbocycles. The van der Waals surface area contributed by atoms with Crippen molar-refractivity contribution in [3.8, 4) is 0 Å². The zero-order chi connectivity index (χ0) is 18.9. The van der Waals surface area contributed by atoms with Crippen molar-refractivity contribution in [3.05, 3.63) is 54.5 Å². The Bertz CT molecular complexity index is 949. The van der Waals surface area contributed by atoms with E-state index in [2.05, 4.69) is 20.3 Å². The molecule has 3 aromatic heterocycles. The van der Waals surface area contributed by atoms with Crippen LogP contribution in [-0.4, -0.2) is 44.3 Å². The summed E-state index contributed by atoms with van der Waals surface area (Å²) in [5.41, 5.74) is 1.53. The number of rotatable bonds is 4. The maximum absolute atomic E-state index is 13.4. The zero-order valence-corrected chi connectivity index (χ0v) is 14.5. The molecular formula is C18H19F2N6O+. The second-order valence-corrected chi connectivity index (χ2v) is 6.67. The molecule has 1 aliphatic rings. The van der Waals surface area contributed by atoms with E-state index >= 15 is 0 Å². The Hall–Kier alpha value is -2.94. The maximum atomic E-state index is 13.4. The van der Waals surface area contributed by atoms with Gasteiger partial charge < -0.3 is 10.2 Å². The molecule has 0 unspecified atom stereocenters. The van der Waals surface area contributed by atoms with E-state index in [0.29, 0.717) is 25.5 Å². The molecule has 4 heterocycles. The van der Waals surface area contributed by atoms with Gasteiger partial charge in [-0.25, -0.2) is 23.7 Å².